The van der Waals surface area contributed by atoms with Crippen molar-refractivity contribution in [3.05, 3.63) is 65.5 Å². The Kier molecular flexibility index (Phi) is 3.81. The van der Waals surface area contributed by atoms with Crippen LogP contribution in [-0.2, 0) is 11.8 Å². The van der Waals surface area contributed by atoms with E-state index in [4.69, 9.17) is 0 Å². The first-order valence-electron chi connectivity index (χ1n) is 8.32. The molecule has 0 unspecified atom stereocenters. The van der Waals surface area contributed by atoms with Crippen LogP contribution in [0, 0.1) is 11.3 Å². The Morgan fingerprint density at radius 2 is 1.67 bits per heavy atom. The molecule has 1 atom stereocenters. The van der Waals surface area contributed by atoms with Crippen LogP contribution < -0.4 is 0 Å². The van der Waals surface area contributed by atoms with Crippen LogP contribution >= 0.6 is 0 Å². The van der Waals surface area contributed by atoms with E-state index >= 15 is 0 Å². The van der Waals surface area contributed by atoms with Gasteiger partial charge in [0, 0.05) is 7.05 Å². The van der Waals surface area contributed by atoms with E-state index in [1.807, 2.05) is 24.3 Å². The monoisotopic (exact) mass is 358 g/mol. The fraction of sp³-hybridized carbons (Fsp3) is 0.150. The van der Waals surface area contributed by atoms with Crippen LogP contribution in [-0.4, -0.2) is 38.6 Å². The highest BCUT2D eigenvalue weighted by molar-refractivity contribution is 6.22. The molecule has 1 aliphatic heterocycles. The zero-order valence-corrected chi connectivity index (χ0v) is 14.4. The SMILES string of the molecule is Cn1c([C@H](C#N)C(=O)CN2C(=O)c3ccccc3C2=O)nc2ccccc21. The van der Waals surface area contributed by atoms with Gasteiger partial charge in [-0.1, -0.05) is 24.3 Å². The number of aryl methyl sites for hydroxylation is 1. The molecule has 0 spiro atoms. The molecule has 0 saturated heterocycles. The molecule has 7 nitrogen and oxygen atoms in total. The van der Waals surface area contributed by atoms with Gasteiger partial charge in [-0.3, -0.25) is 19.3 Å². The number of hydrogen-bond acceptors (Lipinski definition) is 5. The molecular formula is C20H14N4O3. The van der Waals surface area contributed by atoms with E-state index < -0.39 is 30.1 Å². The third-order valence-electron chi connectivity index (χ3n) is 4.72. The number of Topliss-reactive ketones (excluding diaryl/α,β-unsaturated/α-hetero) is 1. The van der Waals surface area contributed by atoms with Crippen LogP contribution in [0.5, 0.6) is 0 Å². The number of ketones is 1. The van der Waals surface area contributed by atoms with Crippen molar-refractivity contribution in [3.63, 3.8) is 0 Å². The van der Waals surface area contributed by atoms with E-state index in [9.17, 15) is 19.6 Å². The molecule has 1 aliphatic rings. The van der Waals surface area contributed by atoms with Gasteiger partial charge in [0.25, 0.3) is 11.8 Å². The predicted octanol–water partition coefficient (Wildman–Crippen LogP) is 2.05. The maximum atomic E-state index is 12.8. The molecule has 0 fully saturated rings. The highest BCUT2D eigenvalue weighted by atomic mass is 16.2. The number of hydrogen-bond donors (Lipinski definition) is 0. The number of nitriles is 1. The molecule has 0 radical (unpaired) electrons. The Morgan fingerprint density at radius 3 is 2.26 bits per heavy atom. The lowest BCUT2D eigenvalue weighted by atomic mass is 10.0. The number of imide groups is 1. The van der Waals surface area contributed by atoms with Gasteiger partial charge in [0.05, 0.1) is 34.8 Å². The summed E-state index contributed by atoms with van der Waals surface area (Å²) in [5, 5.41) is 9.57. The first-order valence-corrected chi connectivity index (χ1v) is 8.32. The van der Waals surface area contributed by atoms with E-state index in [2.05, 4.69) is 4.98 Å². The zero-order chi connectivity index (χ0) is 19.1. The molecule has 1 aromatic heterocycles. The van der Waals surface area contributed by atoms with Gasteiger partial charge in [-0.05, 0) is 24.3 Å². The topological polar surface area (TPSA) is 96.1 Å². The molecule has 7 heteroatoms. The number of carbonyl (C=O) groups is 3. The molecule has 132 valence electrons. The quantitative estimate of drug-likeness (QED) is 0.665. The Balaban J connectivity index is 1.64. The van der Waals surface area contributed by atoms with Gasteiger partial charge >= 0.3 is 0 Å². The molecular weight excluding hydrogens is 344 g/mol. The molecule has 2 heterocycles. The molecule has 0 saturated carbocycles. The van der Waals surface area contributed by atoms with Gasteiger partial charge in [-0.25, -0.2) is 4.98 Å². The summed E-state index contributed by atoms with van der Waals surface area (Å²) in [5.74, 6) is -2.48. The number of fused-ring (bicyclic) bond motifs is 2. The number of benzene rings is 2. The summed E-state index contributed by atoms with van der Waals surface area (Å²) in [4.78, 5) is 43.0. The fourth-order valence-corrected chi connectivity index (χ4v) is 3.33. The maximum Gasteiger partial charge on any atom is 0.261 e. The number of rotatable bonds is 4. The maximum absolute atomic E-state index is 12.8. The summed E-state index contributed by atoms with van der Waals surface area (Å²) in [6.07, 6.45) is 0. The minimum Gasteiger partial charge on any atom is -0.330 e. The van der Waals surface area contributed by atoms with Crippen molar-refractivity contribution in [3.8, 4) is 6.07 Å². The van der Waals surface area contributed by atoms with E-state index in [-0.39, 0.29) is 11.1 Å². The van der Waals surface area contributed by atoms with E-state index in [0.717, 1.165) is 10.4 Å². The van der Waals surface area contributed by atoms with E-state index in [0.29, 0.717) is 11.3 Å². The van der Waals surface area contributed by atoms with Gasteiger partial charge < -0.3 is 4.57 Å². The normalized spacial score (nSPS) is 14.3. The highest BCUT2D eigenvalue weighted by Crippen LogP contribution is 2.25. The van der Waals surface area contributed by atoms with Crippen molar-refractivity contribution >= 4 is 28.6 Å². The van der Waals surface area contributed by atoms with Crippen molar-refractivity contribution in [2.45, 2.75) is 5.92 Å². The summed E-state index contributed by atoms with van der Waals surface area (Å²) < 4.78 is 1.68. The van der Waals surface area contributed by atoms with Gasteiger partial charge in [-0.2, -0.15) is 5.26 Å². The summed E-state index contributed by atoms with van der Waals surface area (Å²) >= 11 is 0. The lowest BCUT2D eigenvalue weighted by molar-refractivity contribution is -0.119. The standard InChI is InChI=1S/C20H14N4O3/c1-23-16-9-5-4-8-15(16)22-18(23)14(10-21)17(25)11-24-19(26)12-6-2-3-7-13(12)20(24)27/h2-9,14H,11H2,1H3/t14-/m1/s1. The lowest BCUT2D eigenvalue weighted by Crippen LogP contribution is -2.37. The highest BCUT2D eigenvalue weighted by Gasteiger charge is 2.38. The van der Waals surface area contributed by atoms with Crippen LogP contribution in [0.2, 0.25) is 0 Å². The van der Waals surface area contributed by atoms with Crippen LogP contribution in [0.3, 0.4) is 0 Å². The molecule has 4 rings (SSSR count). The molecule has 0 aliphatic carbocycles. The first kappa shape index (κ1) is 16.7. The van der Waals surface area contributed by atoms with E-state index in [1.165, 1.54) is 0 Å². The average molecular weight is 358 g/mol. The second-order valence-corrected chi connectivity index (χ2v) is 6.29. The summed E-state index contributed by atoms with van der Waals surface area (Å²) in [6.45, 7) is -0.465. The summed E-state index contributed by atoms with van der Waals surface area (Å²) in [5.41, 5.74) is 2.00. The molecule has 2 amide bonds. The Labute approximate surface area is 154 Å². The van der Waals surface area contributed by atoms with Gasteiger partial charge in [0.2, 0.25) is 0 Å². The molecule has 3 aromatic rings. The third kappa shape index (κ3) is 2.50. The molecule has 0 bridgehead atoms. The van der Waals surface area contributed by atoms with Gasteiger partial charge in [0.1, 0.15) is 5.82 Å². The predicted molar refractivity (Wildman–Crippen MR) is 95.9 cm³/mol. The third-order valence-corrected chi connectivity index (χ3v) is 4.72. The minimum atomic E-state index is -1.17. The van der Waals surface area contributed by atoms with Crippen molar-refractivity contribution in [1.82, 2.24) is 14.5 Å². The molecule has 0 N–H and O–H groups in total. The fourth-order valence-electron chi connectivity index (χ4n) is 3.33. The zero-order valence-electron chi connectivity index (χ0n) is 14.4. The van der Waals surface area contributed by atoms with Crippen LogP contribution in [0.25, 0.3) is 11.0 Å². The average Bonchev–Trinajstić information content (AvgIpc) is 3.13. The number of carbonyl (C=O) groups excluding carboxylic acids is 3. The summed E-state index contributed by atoms with van der Waals surface area (Å²) in [7, 11) is 1.73. The van der Waals surface area contributed by atoms with Crippen molar-refractivity contribution in [1.29, 1.82) is 5.26 Å². The summed E-state index contributed by atoms with van der Waals surface area (Å²) in [6, 6.07) is 15.7. The van der Waals surface area contributed by atoms with Gasteiger partial charge in [0.15, 0.2) is 11.7 Å². The largest absolute Gasteiger partial charge is 0.330 e. The molecule has 2 aromatic carbocycles. The molecule has 27 heavy (non-hydrogen) atoms. The number of aromatic nitrogens is 2. The van der Waals surface area contributed by atoms with Crippen molar-refractivity contribution < 1.29 is 14.4 Å². The Hall–Kier alpha value is -3.79. The Morgan fingerprint density at radius 1 is 1.07 bits per heavy atom. The minimum absolute atomic E-state index is 0.270. The van der Waals surface area contributed by atoms with Gasteiger partial charge in [-0.15, -0.1) is 0 Å². The second-order valence-electron chi connectivity index (χ2n) is 6.29. The van der Waals surface area contributed by atoms with E-state index in [1.54, 1.807) is 41.9 Å². The number of amides is 2. The number of para-hydroxylation sites is 2. The van der Waals surface area contributed by atoms with Crippen LogP contribution in [0.4, 0.5) is 0 Å². The lowest BCUT2D eigenvalue weighted by Gasteiger charge is -2.15. The van der Waals surface area contributed by atoms with Crippen molar-refractivity contribution in [2.24, 2.45) is 7.05 Å². The van der Waals surface area contributed by atoms with Crippen molar-refractivity contribution in [2.75, 3.05) is 6.54 Å². The number of nitrogens with zero attached hydrogens (tertiary/aromatic N) is 4. The Bertz CT molecular complexity index is 1120. The smallest absolute Gasteiger partial charge is 0.261 e. The number of imidazole rings is 1. The van der Waals surface area contributed by atoms with Crippen LogP contribution in [0.15, 0.2) is 48.5 Å². The first-order chi connectivity index (χ1) is 13.0. The van der Waals surface area contributed by atoms with Crippen LogP contribution in [0.1, 0.15) is 32.5 Å². The second kappa shape index (κ2) is 6.18.